The number of hydrogen-bond donors (Lipinski definition) is 1. The standard InChI is InChI=1S/C27H29F2N3O4/c28-19-11-10-18(21(29)14-19)15-30-23(33)16-32-24-20-8-4-5-9-22(20)36-25(24)26(34)31(27(32)35)13-12-17-6-2-1-3-7-17/h1-3,6-7,10-11,14,20,22,24-25H,4-5,8-9,12-13,15-16H2,(H,30,33). The molecule has 4 amide bonds. The van der Waals surface area contributed by atoms with Crippen LogP contribution in [0, 0.1) is 17.6 Å². The molecule has 4 atom stereocenters. The molecule has 36 heavy (non-hydrogen) atoms. The number of imide groups is 1. The van der Waals surface area contributed by atoms with Crippen LogP contribution >= 0.6 is 0 Å². The first-order chi connectivity index (χ1) is 17.4. The molecular weight excluding hydrogens is 468 g/mol. The van der Waals surface area contributed by atoms with Crippen molar-refractivity contribution in [1.82, 2.24) is 15.1 Å². The van der Waals surface area contributed by atoms with E-state index in [1.165, 1.54) is 15.9 Å². The Balaban J connectivity index is 1.33. The SMILES string of the molecule is O=C(CN1C(=O)N(CCc2ccccc2)C(=O)C2OC3CCCCC3C21)NCc1ccc(F)cc1F. The molecule has 190 valence electrons. The average molecular weight is 498 g/mol. The Hall–Kier alpha value is -3.33. The minimum absolute atomic E-state index is 0.00438. The normalized spacial score (nSPS) is 25.5. The number of ether oxygens (including phenoxy) is 1. The van der Waals surface area contributed by atoms with Crippen molar-refractivity contribution in [2.24, 2.45) is 5.92 Å². The molecule has 3 aliphatic rings. The maximum absolute atomic E-state index is 14.0. The fourth-order valence-electron chi connectivity index (χ4n) is 5.64. The molecule has 2 heterocycles. The summed E-state index contributed by atoms with van der Waals surface area (Å²) in [7, 11) is 0. The molecule has 1 N–H and O–H groups in total. The summed E-state index contributed by atoms with van der Waals surface area (Å²) < 4.78 is 33.3. The molecule has 0 aromatic heterocycles. The zero-order valence-corrected chi connectivity index (χ0v) is 19.9. The summed E-state index contributed by atoms with van der Waals surface area (Å²) in [6.45, 7) is -0.229. The molecule has 7 nitrogen and oxygen atoms in total. The number of fused-ring (bicyclic) bond motifs is 3. The van der Waals surface area contributed by atoms with E-state index in [0.717, 1.165) is 43.4 Å². The molecule has 9 heteroatoms. The van der Waals surface area contributed by atoms with Gasteiger partial charge in [0.2, 0.25) is 5.91 Å². The Morgan fingerprint density at radius 2 is 1.83 bits per heavy atom. The van der Waals surface area contributed by atoms with Crippen LogP contribution in [-0.4, -0.2) is 59.0 Å². The van der Waals surface area contributed by atoms with Gasteiger partial charge in [0.25, 0.3) is 5.91 Å². The van der Waals surface area contributed by atoms with Crippen molar-refractivity contribution in [3.8, 4) is 0 Å². The summed E-state index contributed by atoms with van der Waals surface area (Å²) in [6.07, 6.45) is 3.23. The van der Waals surface area contributed by atoms with Crippen LogP contribution in [0.1, 0.15) is 36.8 Å². The molecule has 1 aliphatic carbocycles. The van der Waals surface area contributed by atoms with Crippen LogP contribution in [0.2, 0.25) is 0 Å². The molecular formula is C27H29F2N3O4. The lowest BCUT2D eigenvalue weighted by Crippen LogP contribution is -2.65. The van der Waals surface area contributed by atoms with E-state index >= 15 is 0 Å². The van der Waals surface area contributed by atoms with Gasteiger partial charge in [-0.05, 0) is 30.9 Å². The number of nitrogens with zero attached hydrogens (tertiary/aromatic N) is 2. The summed E-state index contributed by atoms with van der Waals surface area (Å²) >= 11 is 0. The fraction of sp³-hybridized carbons (Fsp3) is 0.444. The summed E-state index contributed by atoms with van der Waals surface area (Å²) in [5, 5.41) is 2.62. The number of hydrogen-bond acceptors (Lipinski definition) is 4. The van der Waals surface area contributed by atoms with Gasteiger partial charge in [0.1, 0.15) is 18.2 Å². The van der Waals surface area contributed by atoms with Gasteiger partial charge >= 0.3 is 6.03 Å². The maximum Gasteiger partial charge on any atom is 0.327 e. The first kappa shape index (κ1) is 24.4. The topological polar surface area (TPSA) is 79.0 Å². The molecule has 0 spiro atoms. The second kappa shape index (κ2) is 10.3. The number of amides is 4. The lowest BCUT2D eigenvalue weighted by Gasteiger charge is -2.43. The summed E-state index contributed by atoms with van der Waals surface area (Å²) in [6, 6.07) is 11.7. The zero-order valence-electron chi connectivity index (χ0n) is 19.9. The molecule has 2 saturated heterocycles. The number of carbonyl (C=O) groups excluding carboxylic acids is 3. The van der Waals surface area contributed by atoms with Gasteiger partial charge < -0.3 is 15.0 Å². The molecule has 2 aliphatic heterocycles. The van der Waals surface area contributed by atoms with Gasteiger partial charge in [-0.3, -0.25) is 14.5 Å². The molecule has 0 radical (unpaired) electrons. The van der Waals surface area contributed by atoms with E-state index in [1.807, 2.05) is 30.3 Å². The van der Waals surface area contributed by atoms with E-state index < -0.39 is 35.7 Å². The number of nitrogens with one attached hydrogen (secondary N) is 1. The summed E-state index contributed by atoms with van der Waals surface area (Å²) in [4.78, 5) is 42.5. The minimum Gasteiger partial charge on any atom is -0.363 e. The molecule has 4 unspecified atom stereocenters. The van der Waals surface area contributed by atoms with Crippen LogP contribution in [-0.2, 0) is 27.3 Å². The Morgan fingerprint density at radius 1 is 1.06 bits per heavy atom. The molecule has 5 rings (SSSR count). The Kier molecular flexibility index (Phi) is 7.00. The Labute approximate surface area is 208 Å². The number of carbonyl (C=O) groups is 3. The molecule has 2 aromatic rings. The van der Waals surface area contributed by atoms with Gasteiger partial charge in [-0.15, -0.1) is 0 Å². The number of rotatable bonds is 7. The fourth-order valence-corrected chi connectivity index (χ4v) is 5.64. The predicted octanol–water partition coefficient (Wildman–Crippen LogP) is 3.41. The average Bonchev–Trinajstić information content (AvgIpc) is 3.26. The van der Waals surface area contributed by atoms with E-state index in [2.05, 4.69) is 5.32 Å². The van der Waals surface area contributed by atoms with Gasteiger partial charge in [0, 0.05) is 30.6 Å². The third-order valence-corrected chi connectivity index (χ3v) is 7.44. The highest BCUT2D eigenvalue weighted by Gasteiger charge is 2.57. The highest BCUT2D eigenvalue weighted by atomic mass is 19.1. The van der Waals surface area contributed by atoms with E-state index in [1.54, 1.807) is 0 Å². The molecule has 2 aromatic carbocycles. The first-order valence-corrected chi connectivity index (χ1v) is 12.4. The van der Waals surface area contributed by atoms with E-state index in [0.29, 0.717) is 6.42 Å². The van der Waals surface area contributed by atoms with E-state index in [-0.39, 0.29) is 43.1 Å². The van der Waals surface area contributed by atoms with Gasteiger partial charge in [0.05, 0.1) is 12.1 Å². The summed E-state index contributed by atoms with van der Waals surface area (Å²) in [5.41, 5.74) is 1.13. The van der Waals surface area contributed by atoms with E-state index in [4.69, 9.17) is 4.74 Å². The Bertz CT molecular complexity index is 1150. The maximum atomic E-state index is 14.0. The van der Waals surface area contributed by atoms with Gasteiger partial charge in [-0.2, -0.15) is 0 Å². The van der Waals surface area contributed by atoms with Crippen LogP contribution in [0.5, 0.6) is 0 Å². The zero-order chi connectivity index (χ0) is 25.2. The van der Waals surface area contributed by atoms with Crippen molar-refractivity contribution in [2.75, 3.05) is 13.1 Å². The highest BCUT2D eigenvalue weighted by molar-refractivity contribution is 6.01. The number of urea groups is 1. The van der Waals surface area contributed by atoms with Crippen molar-refractivity contribution in [2.45, 2.75) is 56.9 Å². The van der Waals surface area contributed by atoms with Crippen molar-refractivity contribution in [1.29, 1.82) is 0 Å². The van der Waals surface area contributed by atoms with Crippen LogP contribution < -0.4 is 5.32 Å². The minimum atomic E-state index is -0.797. The van der Waals surface area contributed by atoms with Gasteiger partial charge in [-0.25, -0.2) is 13.6 Å². The Morgan fingerprint density at radius 3 is 2.61 bits per heavy atom. The second-order valence-electron chi connectivity index (χ2n) is 9.68. The van der Waals surface area contributed by atoms with Crippen LogP contribution in [0.4, 0.5) is 13.6 Å². The van der Waals surface area contributed by atoms with Crippen LogP contribution in [0.3, 0.4) is 0 Å². The van der Waals surface area contributed by atoms with Crippen molar-refractivity contribution < 1.29 is 27.9 Å². The van der Waals surface area contributed by atoms with Gasteiger partial charge in [-0.1, -0.05) is 49.2 Å². The first-order valence-electron chi connectivity index (χ1n) is 12.4. The number of benzene rings is 2. The van der Waals surface area contributed by atoms with Crippen LogP contribution in [0.25, 0.3) is 0 Å². The lowest BCUT2D eigenvalue weighted by atomic mass is 9.81. The third kappa shape index (κ3) is 4.84. The largest absolute Gasteiger partial charge is 0.363 e. The number of halogens is 2. The van der Waals surface area contributed by atoms with E-state index in [9.17, 15) is 23.2 Å². The van der Waals surface area contributed by atoms with Crippen LogP contribution in [0.15, 0.2) is 48.5 Å². The molecule has 0 bridgehead atoms. The second-order valence-corrected chi connectivity index (χ2v) is 9.68. The van der Waals surface area contributed by atoms with Crippen molar-refractivity contribution in [3.05, 3.63) is 71.3 Å². The van der Waals surface area contributed by atoms with Gasteiger partial charge in [0.15, 0.2) is 6.10 Å². The third-order valence-electron chi connectivity index (χ3n) is 7.44. The lowest BCUT2D eigenvalue weighted by molar-refractivity contribution is -0.147. The smallest absolute Gasteiger partial charge is 0.327 e. The monoisotopic (exact) mass is 497 g/mol. The summed E-state index contributed by atoms with van der Waals surface area (Å²) in [5.74, 6) is -2.29. The highest BCUT2D eigenvalue weighted by Crippen LogP contribution is 2.42. The molecule has 3 fully saturated rings. The van der Waals surface area contributed by atoms with Crippen molar-refractivity contribution in [3.63, 3.8) is 0 Å². The van der Waals surface area contributed by atoms with Crippen molar-refractivity contribution >= 4 is 17.8 Å². The predicted molar refractivity (Wildman–Crippen MR) is 127 cm³/mol. The molecule has 1 saturated carbocycles. The quantitative estimate of drug-likeness (QED) is 0.636.